The lowest BCUT2D eigenvalue weighted by Gasteiger charge is -2.26. The molecule has 0 N–H and O–H groups in total. The molecule has 22 heavy (non-hydrogen) atoms. The molecule has 108 valence electrons. The van der Waals surface area contributed by atoms with E-state index in [0.29, 0.717) is 16.7 Å². The molecule has 0 aliphatic carbocycles. The molecular weight excluding hydrogens is 298 g/mol. The number of hydrogen-bond donors (Lipinski definition) is 0. The van der Waals surface area contributed by atoms with Gasteiger partial charge in [0.05, 0.1) is 11.6 Å². The highest BCUT2D eigenvalue weighted by atomic mass is 35.5. The zero-order chi connectivity index (χ0) is 15.3. The molecule has 4 nitrogen and oxygen atoms in total. The minimum atomic E-state index is -0.397. The Labute approximate surface area is 132 Å². The summed E-state index contributed by atoms with van der Waals surface area (Å²) in [5.41, 5.74) is 2.73. The molecule has 2 heterocycles. The van der Waals surface area contributed by atoms with Crippen molar-refractivity contribution >= 4 is 17.4 Å². The maximum atomic E-state index is 12.9. The number of carbonyl (C=O) groups excluding carboxylic acids is 1. The van der Waals surface area contributed by atoms with Crippen LogP contribution in [0.2, 0.25) is 5.02 Å². The van der Waals surface area contributed by atoms with E-state index < -0.39 is 5.92 Å². The third-order valence-corrected chi connectivity index (χ3v) is 4.22. The normalized spacial score (nSPS) is 16.3. The average molecular weight is 310 g/mol. The summed E-state index contributed by atoms with van der Waals surface area (Å²) in [6.45, 7) is 1.84. The number of nitrogens with zero attached hydrogens (tertiary/aromatic N) is 3. The number of aromatic nitrogens is 3. The SMILES string of the molecule is Cc1nnc2n1-c1ccc(Cl)cc1C(c1ccccc1)C2=O. The Bertz CT molecular complexity index is 886. The summed E-state index contributed by atoms with van der Waals surface area (Å²) in [7, 11) is 0. The number of fused-ring (bicyclic) bond motifs is 3. The smallest absolute Gasteiger partial charge is 0.212 e. The van der Waals surface area contributed by atoms with Gasteiger partial charge in [0.15, 0.2) is 0 Å². The van der Waals surface area contributed by atoms with E-state index in [4.69, 9.17) is 11.6 Å². The van der Waals surface area contributed by atoms with Crippen LogP contribution in [0.3, 0.4) is 0 Å². The second-order valence-electron chi connectivity index (χ2n) is 5.32. The van der Waals surface area contributed by atoms with Gasteiger partial charge < -0.3 is 0 Å². The lowest BCUT2D eigenvalue weighted by Crippen LogP contribution is -2.26. The predicted molar refractivity (Wildman–Crippen MR) is 83.7 cm³/mol. The molecule has 0 saturated carbocycles. The van der Waals surface area contributed by atoms with E-state index in [1.807, 2.05) is 55.5 Å². The van der Waals surface area contributed by atoms with Crippen molar-refractivity contribution in [3.8, 4) is 5.69 Å². The van der Waals surface area contributed by atoms with Crippen molar-refractivity contribution in [1.29, 1.82) is 0 Å². The number of halogens is 1. The molecule has 4 rings (SSSR count). The Balaban J connectivity index is 2.03. The minimum absolute atomic E-state index is 0.0541. The summed E-state index contributed by atoms with van der Waals surface area (Å²) < 4.78 is 1.80. The number of aryl methyl sites for hydroxylation is 1. The predicted octanol–water partition coefficient (Wildman–Crippen LogP) is 3.56. The molecule has 0 radical (unpaired) electrons. The first-order valence-corrected chi connectivity index (χ1v) is 7.35. The highest BCUT2D eigenvalue weighted by Gasteiger charge is 2.36. The van der Waals surface area contributed by atoms with E-state index in [1.165, 1.54) is 0 Å². The molecule has 0 saturated heterocycles. The number of hydrogen-bond acceptors (Lipinski definition) is 3. The van der Waals surface area contributed by atoms with E-state index >= 15 is 0 Å². The minimum Gasteiger partial charge on any atom is -0.290 e. The number of carbonyl (C=O) groups is 1. The Morgan fingerprint density at radius 1 is 1.09 bits per heavy atom. The number of ketones is 1. The topological polar surface area (TPSA) is 47.8 Å². The van der Waals surface area contributed by atoms with Gasteiger partial charge in [-0.1, -0.05) is 41.9 Å². The second kappa shape index (κ2) is 4.78. The summed E-state index contributed by atoms with van der Waals surface area (Å²) in [6.07, 6.45) is 0. The first-order valence-electron chi connectivity index (χ1n) is 6.98. The van der Waals surface area contributed by atoms with Gasteiger partial charge >= 0.3 is 0 Å². The van der Waals surface area contributed by atoms with Gasteiger partial charge in [-0.15, -0.1) is 10.2 Å². The van der Waals surface area contributed by atoms with Crippen LogP contribution >= 0.6 is 11.6 Å². The van der Waals surface area contributed by atoms with Crippen LogP contribution < -0.4 is 0 Å². The lowest BCUT2D eigenvalue weighted by molar-refractivity contribution is 0.0957. The van der Waals surface area contributed by atoms with E-state index in [2.05, 4.69) is 10.2 Å². The van der Waals surface area contributed by atoms with Crippen LogP contribution in [0.4, 0.5) is 0 Å². The number of benzene rings is 2. The maximum absolute atomic E-state index is 12.9. The van der Waals surface area contributed by atoms with E-state index in [1.54, 1.807) is 4.57 Å². The standard InChI is InChI=1S/C17H12ClN3O/c1-10-19-20-17-16(22)15(11-5-3-2-4-6-11)13-9-12(18)7-8-14(13)21(10)17/h2-9,15H,1H3. The van der Waals surface area contributed by atoms with Crippen molar-refractivity contribution in [2.24, 2.45) is 0 Å². The van der Waals surface area contributed by atoms with Gasteiger partial charge in [0.25, 0.3) is 0 Å². The van der Waals surface area contributed by atoms with Crippen LogP contribution in [0, 0.1) is 6.92 Å². The molecule has 1 unspecified atom stereocenters. The van der Waals surface area contributed by atoms with E-state index in [0.717, 1.165) is 16.8 Å². The van der Waals surface area contributed by atoms with Crippen LogP contribution in [0.15, 0.2) is 48.5 Å². The van der Waals surface area contributed by atoms with Crippen molar-refractivity contribution < 1.29 is 4.79 Å². The molecular formula is C17H12ClN3O. The summed E-state index contributed by atoms with van der Waals surface area (Å²) in [5.74, 6) is 0.618. The molecule has 0 amide bonds. The summed E-state index contributed by atoms with van der Waals surface area (Å²) >= 11 is 6.17. The van der Waals surface area contributed by atoms with Crippen LogP contribution in [-0.4, -0.2) is 20.5 Å². The van der Waals surface area contributed by atoms with Crippen molar-refractivity contribution in [2.75, 3.05) is 0 Å². The fourth-order valence-corrected chi connectivity index (χ4v) is 3.20. The van der Waals surface area contributed by atoms with Crippen LogP contribution in [0.1, 0.15) is 33.5 Å². The van der Waals surface area contributed by atoms with Gasteiger partial charge in [-0.2, -0.15) is 0 Å². The second-order valence-corrected chi connectivity index (χ2v) is 5.75. The zero-order valence-corrected chi connectivity index (χ0v) is 12.6. The number of rotatable bonds is 1. The Hall–Kier alpha value is -2.46. The van der Waals surface area contributed by atoms with Gasteiger partial charge in [-0.3, -0.25) is 9.36 Å². The molecule has 0 spiro atoms. The maximum Gasteiger partial charge on any atom is 0.212 e. The first-order chi connectivity index (χ1) is 10.7. The fraction of sp³-hybridized carbons (Fsp3) is 0.118. The summed E-state index contributed by atoms with van der Waals surface area (Å²) in [6, 6.07) is 15.3. The fourth-order valence-electron chi connectivity index (χ4n) is 3.02. The monoisotopic (exact) mass is 309 g/mol. The molecule has 3 aromatic rings. The van der Waals surface area contributed by atoms with Crippen molar-refractivity contribution in [3.63, 3.8) is 0 Å². The van der Waals surface area contributed by atoms with Crippen LogP contribution in [-0.2, 0) is 0 Å². The Morgan fingerprint density at radius 3 is 2.64 bits per heavy atom. The van der Waals surface area contributed by atoms with Crippen molar-refractivity contribution in [1.82, 2.24) is 14.8 Å². The van der Waals surface area contributed by atoms with Gasteiger partial charge in [-0.25, -0.2) is 0 Å². The average Bonchev–Trinajstić information content (AvgIpc) is 2.91. The Morgan fingerprint density at radius 2 is 1.86 bits per heavy atom. The van der Waals surface area contributed by atoms with Gasteiger partial charge in [0.2, 0.25) is 11.6 Å². The molecule has 2 aromatic carbocycles. The highest BCUT2D eigenvalue weighted by Crippen LogP contribution is 2.38. The van der Waals surface area contributed by atoms with Crippen LogP contribution in [0.25, 0.3) is 5.69 Å². The third kappa shape index (κ3) is 1.81. The molecule has 1 atom stereocenters. The largest absolute Gasteiger partial charge is 0.290 e. The molecule has 5 heteroatoms. The molecule has 0 fully saturated rings. The van der Waals surface area contributed by atoms with Crippen LogP contribution in [0.5, 0.6) is 0 Å². The van der Waals surface area contributed by atoms with Gasteiger partial charge in [0, 0.05) is 5.02 Å². The molecule has 1 aliphatic rings. The van der Waals surface area contributed by atoms with Crippen molar-refractivity contribution in [3.05, 3.63) is 76.3 Å². The lowest BCUT2D eigenvalue weighted by atomic mass is 9.84. The Kier molecular flexibility index (Phi) is 2.87. The summed E-state index contributed by atoms with van der Waals surface area (Å²) in [4.78, 5) is 12.9. The van der Waals surface area contributed by atoms with Gasteiger partial charge in [0.1, 0.15) is 5.82 Å². The molecule has 1 aromatic heterocycles. The van der Waals surface area contributed by atoms with Gasteiger partial charge in [-0.05, 0) is 36.2 Å². The van der Waals surface area contributed by atoms with Crippen molar-refractivity contribution in [2.45, 2.75) is 12.8 Å². The third-order valence-electron chi connectivity index (χ3n) is 3.98. The zero-order valence-electron chi connectivity index (χ0n) is 11.8. The highest BCUT2D eigenvalue weighted by molar-refractivity contribution is 6.30. The number of Topliss-reactive ketones (excluding diaryl/α,β-unsaturated/α-hetero) is 1. The quantitative estimate of drug-likeness (QED) is 0.690. The molecule has 1 aliphatic heterocycles. The first kappa shape index (κ1) is 13.2. The molecule has 0 bridgehead atoms. The van der Waals surface area contributed by atoms with E-state index in [9.17, 15) is 4.79 Å². The summed E-state index contributed by atoms with van der Waals surface area (Å²) in [5, 5.41) is 8.73. The van der Waals surface area contributed by atoms with E-state index in [-0.39, 0.29) is 5.78 Å².